The second kappa shape index (κ2) is 4.24. The first-order chi connectivity index (χ1) is 6.65. The van der Waals surface area contributed by atoms with Crippen molar-refractivity contribution in [2.75, 3.05) is 0 Å². The second-order valence-electron chi connectivity index (χ2n) is 3.49. The van der Waals surface area contributed by atoms with Crippen LogP contribution >= 0.6 is 0 Å². The molecule has 14 heavy (non-hydrogen) atoms. The van der Waals surface area contributed by atoms with Crippen molar-refractivity contribution in [2.24, 2.45) is 0 Å². The molecule has 1 rings (SSSR count). The molecule has 0 saturated carbocycles. The third kappa shape index (κ3) is 1.77. The quantitative estimate of drug-likeness (QED) is 0.568. The van der Waals surface area contributed by atoms with Crippen molar-refractivity contribution in [1.29, 1.82) is 0 Å². The molecule has 0 aromatic heterocycles. The lowest BCUT2D eigenvalue weighted by molar-refractivity contribution is -0.134. The van der Waals surface area contributed by atoms with Crippen molar-refractivity contribution < 1.29 is 10.0 Å². The number of benzene rings is 1. The van der Waals surface area contributed by atoms with E-state index < -0.39 is 5.41 Å². The molecule has 3 heteroatoms. The Kier molecular flexibility index (Phi) is 3.25. The first-order valence-electron chi connectivity index (χ1n) is 4.65. The average Bonchev–Trinajstić information content (AvgIpc) is 2.28. The van der Waals surface area contributed by atoms with Crippen LogP contribution in [-0.2, 0) is 10.2 Å². The molecule has 0 heterocycles. The fourth-order valence-electron chi connectivity index (χ4n) is 1.43. The van der Waals surface area contributed by atoms with Gasteiger partial charge in [0.2, 0.25) is 0 Å². The van der Waals surface area contributed by atoms with Gasteiger partial charge in [0.05, 0.1) is 5.41 Å². The minimum atomic E-state index is -0.657. The summed E-state index contributed by atoms with van der Waals surface area (Å²) in [6, 6.07) is 9.44. The summed E-state index contributed by atoms with van der Waals surface area (Å²) in [5, 5.41) is 8.66. The number of hydrogen-bond donors (Lipinski definition) is 2. The molecule has 0 aliphatic carbocycles. The molecule has 0 aliphatic heterocycles. The number of rotatable bonds is 3. The molecule has 0 unspecified atom stereocenters. The van der Waals surface area contributed by atoms with Gasteiger partial charge in [0.1, 0.15) is 0 Å². The van der Waals surface area contributed by atoms with Gasteiger partial charge in [-0.05, 0) is 18.9 Å². The maximum atomic E-state index is 11.5. The van der Waals surface area contributed by atoms with Crippen LogP contribution in [0.15, 0.2) is 30.3 Å². The monoisotopic (exact) mass is 193 g/mol. The molecule has 0 aliphatic rings. The predicted molar refractivity (Wildman–Crippen MR) is 54.0 cm³/mol. The SMILES string of the molecule is CC[C@@](C)(C(=O)NO)c1ccccc1. The highest BCUT2D eigenvalue weighted by molar-refractivity contribution is 5.86. The van der Waals surface area contributed by atoms with Gasteiger partial charge in [-0.3, -0.25) is 10.0 Å². The van der Waals surface area contributed by atoms with Gasteiger partial charge in [-0.15, -0.1) is 0 Å². The summed E-state index contributed by atoms with van der Waals surface area (Å²) in [5.41, 5.74) is 1.97. The minimum Gasteiger partial charge on any atom is -0.289 e. The van der Waals surface area contributed by atoms with Crippen molar-refractivity contribution in [2.45, 2.75) is 25.7 Å². The lowest BCUT2D eigenvalue weighted by Crippen LogP contribution is -2.40. The van der Waals surface area contributed by atoms with E-state index in [-0.39, 0.29) is 5.91 Å². The average molecular weight is 193 g/mol. The van der Waals surface area contributed by atoms with E-state index in [1.165, 1.54) is 0 Å². The van der Waals surface area contributed by atoms with E-state index in [9.17, 15) is 4.79 Å². The van der Waals surface area contributed by atoms with Gasteiger partial charge in [0, 0.05) is 0 Å². The van der Waals surface area contributed by atoms with Crippen LogP contribution in [0.5, 0.6) is 0 Å². The molecule has 0 bridgehead atoms. The molecule has 1 amide bonds. The summed E-state index contributed by atoms with van der Waals surface area (Å²) in [7, 11) is 0. The number of carbonyl (C=O) groups is 1. The summed E-state index contributed by atoms with van der Waals surface area (Å²) >= 11 is 0. The van der Waals surface area contributed by atoms with Crippen LogP contribution < -0.4 is 5.48 Å². The number of hydroxylamine groups is 1. The van der Waals surface area contributed by atoms with E-state index in [0.29, 0.717) is 6.42 Å². The highest BCUT2D eigenvalue weighted by Crippen LogP contribution is 2.27. The van der Waals surface area contributed by atoms with Crippen molar-refractivity contribution in [3.05, 3.63) is 35.9 Å². The van der Waals surface area contributed by atoms with Crippen LogP contribution in [0, 0.1) is 0 Å². The van der Waals surface area contributed by atoms with Crippen LogP contribution in [-0.4, -0.2) is 11.1 Å². The molecule has 0 saturated heterocycles. The van der Waals surface area contributed by atoms with E-state index in [1.54, 1.807) is 5.48 Å². The summed E-state index contributed by atoms with van der Waals surface area (Å²) in [4.78, 5) is 11.5. The zero-order valence-corrected chi connectivity index (χ0v) is 8.45. The van der Waals surface area contributed by atoms with Gasteiger partial charge in [0.25, 0.3) is 5.91 Å². The first kappa shape index (κ1) is 10.7. The predicted octanol–water partition coefficient (Wildman–Crippen LogP) is 1.86. The van der Waals surface area contributed by atoms with Gasteiger partial charge >= 0.3 is 0 Å². The van der Waals surface area contributed by atoms with E-state index in [4.69, 9.17) is 5.21 Å². The number of nitrogens with one attached hydrogen (secondary N) is 1. The Morgan fingerprint density at radius 1 is 1.43 bits per heavy atom. The summed E-state index contributed by atoms with van der Waals surface area (Å²) in [6.45, 7) is 3.73. The Morgan fingerprint density at radius 3 is 2.43 bits per heavy atom. The topological polar surface area (TPSA) is 49.3 Å². The van der Waals surface area contributed by atoms with Gasteiger partial charge in [0.15, 0.2) is 0 Å². The van der Waals surface area contributed by atoms with Crippen molar-refractivity contribution in [1.82, 2.24) is 5.48 Å². The Morgan fingerprint density at radius 2 is 2.00 bits per heavy atom. The first-order valence-corrected chi connectivity index (χ1v) is 4.65. The molecular weight excluding hydrogens is 178 g/mol. The second-order valence-corrected chi connectivity index (χ2v) is 3.49. The number of carbonyl (C=O) groups excluding carboxylic acids is 1. The third-order valence-corrected chi connectivity index (χ3v) is 2.72. The molecule has 2 N–H and O–H groups in total. The van der Waals surface area contributed by atoms with Gasteiger partial charge in [-0.2, -0.15) is 0 Å². The molecular formula is C11H15NO2. The standard InChI is InChI=1S/C11H15NO2/c1-3-11(2,10(13)12-14)9-7-5-4-6-8-9/h4-8,14H,3H2,1-2H3,(H,12,13)/t11-/m1/s1. The zero-order chi connectivity index (χ0) is 10.6. The Bertz CT molecular complexity index is 310. The van der Waals surface area contributed by atoms with E-state index in [0.717, 1.165) is 5.56 Å². The fourth-order valence-corrected chi connectivity index (χ4v) is 1.43. The molecule has 0 radical (unpaired) electrons. The molecule has 1 atom stereocenters. The molecule has 76 valence electrons. The van der Waals surface area contributed by atoms with Gasteiger partial charge in [-0.25, -0.2) is 5.48 Å². The highest BCUT2D eigenvalue weighted by atomic mass is 16.5. The minimum absolute atomic E-state index is 0.369. The fraction of sp³-hybridized carbons (Fsp3) is 0.364. The molecule has 0 spiro atoms. The van der Waals surface area contributed by atoms with Crippen molar-refractivity contribution in [3.8, 4) is 0 Å². The zero-order valence-electron chi connectivity index (χ0n) is 8.45. The molecule has 1 aromatic rings. The lowest BCUT2D eigenvalue weighted by atomic mass is 9.79. The van der Waals surface area contributed by atoms with Gasteiger partial charge < -0.3 is 0 Å². The summed E-state index contributed by atoms with van der Waals surface area (Å²) in [5.74, 6) is -0.369. The maximum Gasteiger partial charge on any atom is 0.253 e. The van der Waals surface area contributed by atoms with Crippen LogP contribution in [0.1, 0.15) is 25.8 Å². The number of amides is 1. The van der Waals surface area contributed by atoms with E-state index >= 15 is 0 Å². The van der Waals surface area contributed by atoms with E-state index in [2.05, 4.69) is 0 Å². The van der Waals surface area contributed by atoms with Crippen LogP contribution in [0.2, 0.25) is 0 Å². The Labute approximate surface area is 83.7 Å². The number of hydrogen-bond acceptors (Lipinski definition) is 2. The summed E-state index contributed by atoms with van der Waals surface area (Å²) < 4.78 is 0. The lowest BCUT2D eigenvalue weighted by Gasteiger charge is -2.25. The normalized spacial score (nSPS) is 14.5. The van der Waals surface area contributed by atoms with Crippen LogP contribution in [0.3, 0.4) is 0 Å². The van der Waals surface area contributed by atoms with Crippen molar-refractivity contribution >= 4 is 5.91 Å². The largest absolute Gasteiger partial charge is 0.289 e. The molecule has 3 nitrogen and oxygen atoms in total. The smallest absolute Gasteiger partial charge is 0.253 e. The summed E-state index contributed by atoms with van der Waals surface area (Å²) in [6.07, 6.45) is 0.642. The van der Waals surface area contributed by atoms with E-state index in [1.807, 2.05) is 44.2 Å². The Balaban J connectivity index is 3.08. The Hall–Kier alpha value is -1.35. The van der Waals surface area contributed by atoms with Crippen LogP contribution in [0.25, 0.3) is 0 Å². The molecule has 1 aromatic carbocycles. The maximum absolute atomic E-state index is 11.5. The third-order valence-electron chi connectivity index (χ3n) is 2.72. The highest BCUT2D eigenvalue weighted by Gasteiger charge is 2.32. The molecule has 0 fully saturated rings. The van der Waals surface area contributed by atoms with Crippen LogP contribution in [0.4, 0.5) is 0 Å². The van der Waals surface area contributed by atoms with Gasteiger partial charge in [-0.1, -0.05) is 37.3 Å². The van der Waals surface area contributed by atoms with Crippen molar-refractivity contribution in [3.63, 3.8) is 0 Å².